The van der Waals surface area contributed by atoms with Crippen LogP contribution < -0.4 is 10.6 Å². The zero-order chi connectivity index (χ0) is 14.4. The molecular formula is C16H28N4. The van der Waals surface area contributed by atoms with E-state index in [1.54, 1.807) is 0 Å². The van der Waals surface area contributed by atoms with Gasteiger partial charge in [0, 0.05) is 24.6 Å². The van der Waals surface area contributed by atoms with Gasteiger partial charge in [-0.05, 0) is 26.2 Å². The molecule has 112 valence electrons. The molecule has 0 radical (unpaired) electrons. The van der Waals surface area contributed by atoms with Gasteiger partial charge in [0.25, 0.3) is 0 Å². The van der Waals surface area contributed by atoms with E-state index in [-0.39, 0.29) is 0 Å². The molecular weight excluding hydrogens is 248 g/mol. The van der Waals surface area contributed by atoms with Crippen molar-refractivity contribution in [2.24, 2.45) is 0 Å². The van der Waals surface area contributed by atoms with Crippen LogP contribution in [0.5, 0.6) is 0 Å². The van der Waals surface area contributed by atoms with Crippen LogP contribution in [0.15, 0.2) is 0 Å². The minimum atomic E-state index is 0.584. The summed E-state index contributed by atoms with van der Waals surface area (Å²) in [5.74, 6) is 2.95. The quantitative estimate of drug-likeness (QED) is 0.827. The number of hydrogen-bond donors (Lipinski definition) is 2. The third kappa shape index (κ3) is 3.84. The number of aromatic nitrogens is 2. The maximum absolute atomic E-state index is 4.69. The van der Waals surface area contributed by atoms with Crippen LogP contribution in [-0.4, -0.2) is 22.6 Å². The topological polar surface area (TPSA) is 49.8 Å². The minimum Gasteiger partial charge on any atom is -0.370 e. The largest absolute Gasteiger partial charge is 0.370 e. The summed E-state index contributed by atoms with van der Waals surface area (Å²) in [6.07, 6.45) is 8.57. The summed E-state index contributed by atoms with van der Waals surface area (Å²) < 4.78 is 0. The monoisotopic (exact) mass is 276 g/mol. The number of anilines is 2. The van der Waals surface area contributed by atoms with Gasteiger partial charge in [-0.25, -0.2) is 9.97 Å². The van der Waals surface area contributed by atoms with Crippen molar-refractivity contribution in [1.29, 1.82) is 0 Å². The Balaban J connectivity index is 2.16. The summed E-state index contributed by atoms with van der Waals surface area (Å²) in [7, 11) is 0. The molecule has 0 atom stereocenters. The van der Waals surface area contributed by atoms with Gasteiger partial charge in [-0.1, -0.05) is 33.1 Å². The number of nitrogens with zero attached hydrogens (tertiary/aromatic N) is 2. The fourth-order valence-corrected chi connectivity index (χ4v) is 2.72. The molecule has 1 aromatic heterocycles. The lowest BCUT2D eigenvalue weighted by Crippen LogP contribution is -2.24. The Morgan fingerprint density at radius 1 is 1.05 bits per heavy atom. The van der Waals surface area contributed by atoms with Gasteiger partial charge in [0.05, 0.1) is 0 Å². The predicted octanol–water partition coefficient (Wildman–Crippen LogP) is 3.91. The Labute approximate surface area is 122 Å². The average molecular weight is 276 g/mol. The summed E-state index contributed by atoms with van der Waals surface area (Å²) in [6, 6.07) is 0.584. The van der Waals surface area contributed by atoms with Crippen molar-refractivity contribution < 1.29 is 0 Å². The number of rotatable bonds is 6. The van der Waals surface area contributed by atoms with Crippen LogP contribution in [0.1, 0.15) is 63.8 Å². The highest BCUT2D eigenvalue weighted by Crippen LogP contribution is 2.25. The van der Waals surface area contributed by atoms with Crippen molar-refractivity contribution in [3.8, 4) is 0 Å². The van der Waals surface area contributed by atoms with E-state index >= 15 is 0 Å². The maximum atomic E-state index is 4.69. The molecule has 0 amide bonds. The second-order valence-corrected chi connectivity index (χ2v) is 5.72. The van der Waals surface area contributed by atoms with Gasteiger partial charge >= 0.3 is 0 Å². The summed E-state index contributed by atoms with van der Waals surface area (Å²) in [6.45, 7) is 7.36. The van der Waals surface area contributed by atoms with Gasteiger partial charge in [0.15, 0.2) is 0 Å². The summed E-state index contributed by atoms with van der Waals surface area (Å²) in [5.41, 5.74) is 1.15. The second kappa shape index (κ2) is 7.46. The molecule has 1 heterocycles. The van der Waals surface area contributed by atoms with Gasteiger partial charge in [0.1, 0.15) is 17.5 Å². The number of aryl methyl sites for hydroxylation is 1. The van der Waals surface area contributed by atoms with E-state index in [0.29, 0.717) is 6.04 Å². The zero-order valence-electron chi connectivity index (χ0n) is 13.1. The molecule has 1 aliphatic rings. The molecule has 2 N–H and O–H groups in total. The van der Waals surface area contributed by atoms with Crippen molar-refractivity contribution in [1.82, 2.24) is 9.97 Å². The highest BCUT2D eigenvalue weighted by molar-refractivity contribution is 5.57. The standard InChI is InChI=1S/C16H28N4/c1-4-11-17-15-12(3)16(20-14(5-2)19-15)18-13-9-7-6-8-10-13/h13H,4-11H2,1-3H3,(H2,17,18,19,20). The van der Waals surface area contributed by atoms with Gasteiger partial charge < -0.3 is 10.6 Å². The average Bonchev–Trinajstić information content (AvgIpc) is 2.49. The molecule has 1 fully saturated rings. The highest BCUT2D eigenvalue weighted by Gasteiger charge is 2.16. The Morgan fingerprint density at radius 3 is 2.40 bits per heavy atom. The van der Waals surface area contributed by atoms with E-state index in [4.69, 9.17) is 4.98 Å². The molecule has 0 aliphatic heterocycles. The molecule has 4 nitrogen and oxygen atoms in total. The summed E-state index contributed by atoms with van der Waals surface area (Å²) in [5, 5.41) is 7.07. The molecule has 1 aliphatic carbocycles. The third-order valence-electron chi connectivity index (χ3n) is 4.00. The van der Waals surface area contributed by atoms with Crippen LogP contribution >= 0.6 is 0 Å². The van der Waals surface area contributed by atoms with Crippen molar-refractivity contribution in [3.63, 3.8) is 0 Å². The molecule has 1 saturated carbocycles. The summed E-state index contributed by atoms with van der Waals surface area (Å²) in [4.78, 5) is 9.31. The second-order valence-electron chi connectivity index (χ2n) is 5.72. The van der Waals surface area contributed by atoms with Crippen LogP contribution in [0, 0.1) is 6.92 Å². The van der Waals surface area contributed by atoms with Crippen LogP contribution in [0.25, 0.3) is 0 Å². The number of hydrogen-bond acceptors (Lipinski definition) is 4. The van der Waals surface area contributed by atoms with Gasteiger partial charge in [0.2, 0.25) is 0 Å². The van der Waals surface area contributed by atoms with E-state index in [2.05, 4.69) is 36.4 Å². The van der Waals surface area contributed by atoms with E-state index in [1.807, 2.05) is 0 Å². The Kier molecular flexibility index (Phi) is 5.62. The molecule has 20 heavy (non-hydrogen) atoms. The fraction of sp³-hybridized carbons (Fsp3) is 0.750. The van der Waals surface area contributed by atoms with Crippen LogP contribution in [0.2, 0.25) is 0 Å². The van der Waals surface area contributed by atoms with E-state index < -0.39 is 0 Å². The normalized spacial score (nSPS) is 16.1. The molecule has 0 spiro atoms. The molecule has 4 heteroatoms. The van der Waals surface area contributed by atoms with Crippen molar-refractivity contribution in [2.45, 2.75) is 71.8 Å². The first kappa shape index (κ1) is 15.1. The predicted molar refractivity (Wildman–Crippen MR) is 85.4 cm³/mol. The van der Waals surface area contributed by atoms with Crippen LogP contribution in [0.4, 0.5) is 11.6 Å². The van der Waals surface area contributed by atoms with Crippen molar-refractivity contribution in [3.05, 3.63) is 11.4 Å². The van der Waals surface area contributed by atoms with Gasteiger partial charge in [-0.3, -0.25) is 0 Å². The van der Waals surface area contributed by atoms with Crippen LogP contribution in [-0.2, 0) is 6.42 Å². The smallest absolute Gasteiger partial charge is 0.134 e. The van der Waals surface area contributed by atoms with E-state index in [1.165, 1.54) is 32.1 Å². The number of nitrogens with one attached hydrogen (secondary N) is 2. The first-order valence-corrected chi connectivity index (χ1v) is 8.12. The fourth-order valence-electron chi connectivity index (χ4n) is 2.72. The molecule has 2 rings (SSSR count). The molecule has 0 aromatic carbocycles. The highest BCUT2D eigenvalue weighted by atomic mass is 15.1. The minimum absolute atomic E-state index is 0.584. The molecule has 0 bridgehead atoms. The molecule has 0 unspecified atom stereocenters. The SMILES string of the molecule is CCCNc1nc(CC)nc(NC2CCCCC2)c1C. The van der Waals surface area contributed by atoms with E-state index in [0.717, 1.165) is 42.4 Å². The maximum Gasteiger partial charge on any atom is 0.134 e. The lowest BCUT2D eigenvalue weighted by atomic mass is 9.95. The third-order valence-corrected chi connectivity index (χ3v) is 4.00. The first-order chi connectivity index (χ1) is 9.74. The van der Waals surface area contributed by atoms with Gasteiger partial charge in [-0.15, -0.1) is 0 Å². The molecule has 0 saturated heterocycles. The Morgan fingerprint density at radius 2 is 1.75 bits per heavy atom. The van der Waals surface area contributed by atoms with Gasteiger partial charge in [-0.2, -0.15) is 0 Å². The first-order valence-electron chi connectivity index (χ1n) is 8.12. The van der Waals surface area contributed by atoms with Crippen LogP contribution in [0.3, 0.4) is 0 Å². The molecule has 1 aromatic rings. The zero-order valence-corrected chi connectivity index (χ0v) is 13.1. The lowest BCUT2D eigenvalue weighted by molar-refractivity contribution is 0.461. The van der Waals surface area contributed by atoms with E-state index in [9.17, 15) is 0 Å². The Hall–Kier alpha value is -1.32. The Bertz CT molecular complexity index is 425. The van der Waals surface area contributed by atoms with Crippen molar-refractivity contribution in [2.75, 3.05) is 17.2 Å². The lowest BCUT2D eigenvalue weighted by Gasteiger charge is -2.25. The van der Waals surface area contributed by atoms with Crippen molar-refractivity contribution >= 4 is 11.6 Å². The summed E-state index contributed by atoms with van der Waals surface area (Å²) >= 11 is 0.